The van der Waals surface area contributed by atoms with E-state index in [1.165, 1.54) is 7.11 Å². The molecule has 0 aliphatic carbocycles. The van der Waals surface area contributed by atoms with E-state index >= 15 is 0 Å². The van der Waals surface area contributed by atoms with E-state index in [9.17, 15) is 4.79 Å². The molecule has 1 aromatic rings. The van der Waals surface area contributed by atoms with Crippen LogP contribution in [0, 0.1) is 11.3 Å². The molecule has 0 aliphatic heterocycles. The van der Waals surface area contributed by atoms with Gasteiger partial charge in [-0.05, 0) is 33.7 Å². The van der Waals surface area contributed by atoms with Crippen LogP contribution in [0.25, 0.3) is 0 Å². The Morgan fingerprint density at radius 2 is 1.71 bits per heavy atom. The van der Waals surface area contributed by atoms with Gasteiger partial charge >= 0.3 is 0 Å². The first-order valence-electron chi connectivity index (χ1n) is 7.85. The van der Waals surface area contributed by atoms with Crippen LogP contribution in [0.2, 0.25) is 0 Å². The van der Waals surface area contributed by atoms with E-state index in [0.717, 1.165) is 6.42 Å². The second kappa shape index (κ2) is 8.53. The number of ketones is 1. The van der Waals surface area contributed by atoms with Crippen molar-refractivity contribution >= 4 is 31.0 Å². The summed E-state index contributed by atoms with van der Waals surface area (Å²) < 4.78 is 16.9. The van der Waals surface area contributed by atoms with Gasteiger partial charge in [0.2, 0.25) is 0 Å². The Morgan fingerprint density at radius 3 is 2.12 bits per heavy atom. The summed E-state index contributed by atoms with van der Waals surface area (Å²) in [6, 6.07) is 1.74. The Morgan fingerprint density at radius 1 is 1.17 bits per heavy atom. The van der Waals surface area contributed by atoms with E-state index in [4.69, 9.17) is 14.2 Å². The lowest BCUT2D eigenvalue weighted by atomic mass is 9.82. The highest BCUT2D eigenvalue weighted by Gasteiger charge is 2.32. The fourth-order valence-corrected chi connectivity index (χ4v) is 3.76. The number of halogens is 1. The molecule has 3 unspecified atom stereocenters. The summed E-state index contributed by atoms with van der Waals surface area (Å²) in [7, 11) is 7.30. The lowest BCUT2D eigenvalue weighted by Crippen LogP contribution is -2.26. The molecule has 3 atom stereocenters. The Labute approximate surface area is 156 Å². The van der Waals surface area contributed by atoms with E-state index in [0.29, 0.717) is 27.3 Å². The van der Waals surface area contributed by atoms with Crippen LogP contribution < -0.4 is 14.2 Å². The molecular weight excluding hydrogens is 391 g/mol. The smallest absolute Gasteiger partial charge is 0.177 e. The van der Waals surface area contributed by atoms with Crippen LogP contribution in [0.4, 0.5) is 0 Å². The first-order valence-corrected chi connectivity index (χ1v) is 9.31. The van der Waals surface area contributed by atoms with Crippen molar-refractivity contribution in [3.8, 4) is 17.2 Å². The van der Waals surface area contributed by atoms with Crippen LogP contribution in [0.5, 0.6) is 17.2 Å². The van der Waals surface area contributed by atoms with Crippen LogP contribution in [-0.4, -0.2) is 32.8 Å². The highest BCUT2D eigenvalue weighted by Crippen LogP contribution is 2.45. The minimum Gasteiger partial charge on any atom is -0.495 e. The van der Waals surface area contributed by atoms with Crippen LogP contribution in [0.15, 0.2) is 10.5 Å². The maximum Gasteiger partial charge on any atom is 0.177 e. The molecule has 0 N–H and O–H groups in total. The van der Waals surface area contributed by atoms with Gasteiger partial charge in [0.05, 0.1) is 25.8 Å². The number of Topliss-reactive ketones (excluding diaryl/α,β-unsaturated/α-hetero) is 1. The second-order valence-corrected chi connectivity index (χ2v) is 8.71. The third-order valence-corrected chi connectivity index (χ3v) is 5.43. The molecule has 0 heterocycles. The molecule has 0 fully saturated rings. The van der Waals surface area contributed by atoms with Crippen LogP contribution in [0.1, 0.15) is 44.5 Å². The van der Waals surface area contributed by atoms with E-state index in [2.05, 4.69) is 52.9 Å². The van der Waals surface area contributed by atoms with E-state index in [1.54, 1.807) is 20.3 Å². The number of rotatable bonds is 7. The molecule has 4 nitrogen and oxygen atoms in total. The average molecular weight is 419 g/mol. The standard InChI is InChI=1S/C18H28BrO4P/c1-10(9-18(2,3)4)17(24)14(20)13-15(22-6)11(19)8-12(21-5)16(13)23-7/h8,10,17H,9,24H2,1-7H3. The summed E-state index contributed by atoms with van der Waals surface area (Å²) in [6.07, 6.45) is 0.933. The molecule has 0 bridgehead atoms. The molecule has 1 aromatic carbocycles. The van der Waals surface area contributed by atoms with Gasteiger partial charge < -0.3 is 14.2 Å². The fourth-order valence-electron chi connectivity index (χ4n) is 2.89. The van der Waals surface area contributed by atoms with E-state index in [-0.39, 0.29) is 22.8 Å². The number of methoxy groups -OCH3 is 3. The van der Waals surface area contributed by atoms with Crippen molar-refractivity contribution in [3.63, 3.8) is 0 Å². The average Bonchev–Trinajstić information content (AvgIpc) is 2.50. The van der Waals surface area contributed by atoms with Crippen molar-refractivity contribution < 1.29 is 19.0 Å². The van der Waals surface area contributed by atoms with Crippen LogP contribution in [0.3, 0.4) is 0 Å². The van der Waals surface area contributed by atoms with Gasteiger partial charge in [-0.15, -0.1) is 9.24 Å². The maximum atomic E-state index is 13.2. The highest BCUT2D eigenvalue weighted by molar-refractivity contribution is 9.10. The molecule has 0 aromatic heterocycles. The predicted octanol–water partition coefficient (Wildman–Crippen LogP) is 4.97. The summed E-state index contributed by atoms with van der Waals surface area (Å²) >= 11 is 3.45. The zero-order chi connectivity index (χ0) is 18.7. The minimum atomic E-state index is -0.244. The van der Waals surface area contributed by atoms with Crippen molar-refractivity contribution in [2.24, 2.45) is 11.3 Å². The molecule has 6 heteroatoms. The molecule has 0 amide bonds. The molecular formula is C18H28BrO4P. The first kappa shape index (κ1) is 21.2. The Kier molecular flexibility index (Phi) is 7.55. The zero-order valence-corrected chi connectivity index (χ0v) is 18.3. The first-order chi connectivity index (χ1) is 11.1. The van der Waals surface area contributed by atoms with Gasteiger partial charge in [-0.2, -0.15) is 0 Å². The number of hydrogen-bond acceptors (Lipinski definition) is 4. The molecule has 24 heavy (non-hydrogen) atoms. The lowest BCUT2D eigenvalue weighted by molar-refractivity contribution is 0.0956. The Balaban J connectivity index is 3.37. The third kappa shape index (κ3) is 4.86. The van der Waals surface area contributed by atoms with Crippen molar-refractivity contribution in [2.75, 3.05) is 21.3 Å². The Bertz CT molecular complexity index is 596. The SMILES string of the molecule is COc1cc(Br)c(OC)c(C(=O)C(P)C(C)CC(C)(C)C)c1OC. The van der Waals surface area contributed by atoms with Gasteiger partial charge in [-0.25, -0.2) is 0 Å². The van der Waals surface area contributed by atoms with Gasteiger partial charge in [0.15, 0.2) is 17.3 Å². The van der Waals surface area contributed by atoms with E-state index < -0.39 is 0 Å². The molecule has 0 aliphatic rings. The van der Waals surface area contributed by atoms with Crippen molar-refractivity contribution in [1.82, 2.24) is 0 Å². The summed E-state index contributed by atoms with van der Waals surface area (Å²) in [5, 5.41) is 0. The lowest BCUT2D eigenvalue weighted by Gasteiger charge is -2.27. The number of carbonyl (C=O) groups excluding carboxylic acids is 1. The van der Waals surface area contributed by atoms with Crippen molar-refractivity contribution in [2.45, 2.75) is 39.8 Å². The van der Waals surface area contributed by atoms with Gasteiger partial charge in [0.25, 0.3) is 0 Å². The molecule has 0 saturated carbocycles. The van der Waals surface area contributed by atoms with Gasteiger partial charge in [0.1, 0.15) is 11.3 Å². The maximum absolute atomic E-state index is 13.2. The number of hydrogen-bond donors (Lipinski definition) is 0. The molecule has 1 rings (SSSR count). The summed E-state index contributed by atoms with van der Waals surface area (Å²) in [6.45, 7) is 8.62. The minimum absolute atomic E-state index is 0.0370. The highest BCUT2D eigenvalue weighted by atomic mass is 79.9. The molecule has 136 valence electrons. The quantitative estimate of drug-likeness (QED) is 0.462. The van der Waals surface area contributed by atoms with Crippen LogP contribution in [-0.2, 0) is 0 Å². The number of benzene rings is 1. The summed E-state index contributed by atoms with van der Waals surface area (Å²) in [5.74, 6) is 1.52. The summed E-state index contributed by atoms with van der Waals surface area (Å²) in [5.41, 5.74) is 0.315. The van der Waals surface area contributed by atoms with Gasteiger partial charge in [-0.1, -0.05) is 27.7 Å². The normalized spacial score (nSPS) is 14.0. The monoisotopic (exact) mass is 418 g/mol. The fraction of sp³-hybridized carbons (Fsp3) is 0.611. The topological polar surface area (TPSA) is 44.8 Å². The largest absolute Gasteiger partial charge is 0.495 e. The molecule has 0 spiro atoms. The van der Waals surface area contributed by atoms with Gasteiger partial charge in [-0.3, -0.25) is 4.79 Å². The second-order valence-electron chi connectivity index (χ2n) is 7.13. The Hall–Kier alpha value is -0.800. The van der Waals surface area contributed by atoms with Gasteiger partial charge in [0, 0.05) is 11.7 Å². The van der Waals surface area contributed by atoms with Crippen molar-refractivity contribution in [1.29, 1.82) is 0 Å². The number of carbonyl (C=O) groups is 1. The molecule has 0 radical (unpaired) electrons. The number of ether oxygens (including phenoxy) is 3. The predicted molar refractivity (Wildman–Crippen MR) is 105 cm³/mol. The molecule has 0 saturated heterocycles. The van der Waals surface area contributed by atoms with E-state index in [1.807, 2.05) is 0 Å². The third-order valence-electron chi connectivity index (χ3n) is 3.88. The summed E-state index contributed by atoms with van der Waals surface area (Å²) in [4.78, 5) is 13.2. The zero-order valence-electron chi connectivity index (χ0n) is 15.5. The van der Waals surface area contributed by atoms with Crippen LogP contribution >= 0.6 is 25.2 Å². The van der Waals surface area contributed by atoms with Crippen molar-refractivity contribution in [3.05, 3.63) is 16.1 Å².